The minimum atomic E-state index is -4.82. The van der Waals surface area contributed by atoms with E-state index >= 15 is 0 Å². The van der Waals surface area contributed by atoms with E-state index in [1.54, 1.807) is 18.2 Å². The number of fused-ring (bicyclic) bond motifs is 1. The standard InChI is InChI=1S/C17H13ClF3N3O2S/c1-9-7-11-13(3-2-4-14(11)24-27-25)23-16(9)22-10-5-6-15(12(18)8-10)26-17(19,20)21/h2-8,27H,1H3,(H,22,23)(H,24,25). The first kappa shape index (κ1) is 19.2. The molecule has 0 radical (unpaired) electrons. The molecular weight excluding hydrogens is 403 g/mol. The van der Waals surface area contributed by atoms with Crippen molar-refractivity contribution in [3.63, 3.8) is 0 Å². The molecule has 1 aromatic heterocycles. The molecule has 5 nitrogen and oxygen atoms in total. The number of rotatable bonds is 5. The number of aryl methyl sites for hydroxylation is 1. The molecule has 0 spiro atoms. The van der Waals surface area contributed by atoms with Crippen LogP contribution < -0.4 is 14.8 Å². The summed E-state index contributed by atoms with van der Waals surface area (Å²) in [6.07, 6.45) is -4.82. The molecule has 27 heavy (non-hydrogen) atoms. The van der Waals surface area contributed by atoms with Crippen LogP contribution in [0.5, 0.6) is 5.75 Å². The minimum Gasteiger partial charge on any atom is -0.404 e. The zero-order valence-electron chi connectivity index (χ0n) is 13.8. The lowest BCUT2D eigenvalue weighted by atomic mass is 10.1. The van der Waals surface area contributed by atoms with Gasteiger partial charge in [0.25, 0.3) is 0 Å². The second-order valence-corrected chi connectivity index (χ2v) is 6.36. The summed E-state index contributed by atoms with van der Waals surface area (Å²) in [5.41, 5.74) is 2.56. The van der Waals surface area contributed by atoms with Crippen LogP contribution in [0.1, 0.15) is 5.56 Å². The van der Waals surface area contributed by atoms with E-state index in [1.165, 1.54) is 12.1 Å². The van der Waals surface area contributed by atoms with Gasteiger partial charge in [-0.2, -0.15) is 0 Å². The highest BCUT2D eigenvalue weighted by molar-refractivity contribution is 7.67. The van der Waals surface area contributed by atoms with E-state index in [4.69, 9.17) is 11.6 Å². The highest BCUT2D eigenvalue weighted by Crippen LogP contribution is 2.34. The fourth-order valence-corrected chi connectivity index (χ4v) is 3.00. The van der Waals surface area contributed by atoms with E-state index in [-0.39, 0.29) is 16.9 Å². The van der Waals surface area contributed by atoms with Crippen LogP contribution in [0.25, 0.3) is 10.9 Å². The maximum absolute atomic E-state index is 12.3. The van der Waals surface area contributed by atoms with E-state index in [9.17, 15) is 17.4 Å². The molecule has 0 aliphatic carbocycles. The van der Waals surface area contributed by atoms with Gasteiger partial charge in [0.15, 0.2) is 0 Å². The van der Waals surface area contributed by atoms with Gasteiger partial charge in [-0.1, -0.05) is 17.7 Å². The second kappa shape index (κ2) is 7.61. The van der Waals surface area contributed by atoms with Crippen molar-refractivity contribution in [2.45, 2.75) is 13.3 Å². The summed E-state index contributed by atoms with van der Waals surface area (Å²) in [7, 11) is 0. The van der Waals surface area contributed by atoms with Gasteiger partial charge in [0.05, 0.1) is 16.2 Å². The van der Waals surface area contributed by atoms with Gasteiger partial charge in [-0.05, 0) is 48.9 Å². The Morgan fingerprint density at radius 3 is 2.63 bits per heavy atom. The average Bonchev–Trinajstić information content (AvgIpc) is 2.58. The van der Waals surface area contributed by atoms with Crippen molar-refractivity contribution in [3.8, 4) is 5.75 Å². The number of alkyl halides is 3. The average molecular weight is 416 g/mol. The fourth-order valence-electron chi connectivity index (χ4n) is 2.49. The van der Waals surface area contributed by atoms with Gasteiger partial charge in [-0.3, -0.25) is 0 Å². The summed E-state index contributed by atoms with van der Waals surface area (Å²) in [5, 5.41) is 3.63. The van der Waals surface area contributed by atoms with E-state index in [1.807, 2.05) is 13.0 Å². The van der Waals surface area contributed by atoms with Crippen LogP contribution >= 0.6 is 11.6 Å². The predicted octanol–water partition coefficient (Wildman–Crippen LogP) is 5.11. The fraction of sp³-hybridized carbons (Fsp3) is 0.118. The quantitative estimate of drug-likeness (QED) is 0.507. The summed E-state index contributed by atoms with van der Waals surface area (Å²) in [4.78, 5) is 4.51. The molecule has 3 aromatic rings. The molecule has 2 N–H and O–H groups in total. The van der Waals surface area contributed by atoms with Gasteiger partial charge >= 0.3 is 6.36 Å². The number of benzene rings is 2. The zero-order valence-corrected chi connectivity index (χ0v) is 15.4. The molecule has 2 aromatic carbocycles. The molecule has 0 atom stereocenters. The molecule has 1 heterocycles. The number of anilines is 3. The molecule has 10 heteroatoms. The maximum Gasteiger partial charge on any atom is 0.573 e. The zero-order chi connectivity index (χ0) is 19.6. The Morgan fingerprint density at radius 2 is 1.96 bits per heavy atom. The molecule has 0 unspecified atom stereocenters. The molecule has 0 fully saturated rings. The molecule has 0 bridgehead atoms. The Labute approximate surface area is 161 Å². The van der Waals surface area contributed by atoms with E-state index in [0.29, 0.717) is 22.7 Å². The van der Waals surface area contributed by atoms with Crippen LogP contribution in [-0.4, -0.2) is 15.6 Å². The predicted molar refractivity (Wildman–Crippen MR) is 101 cm³/mol. The molecule has 0 aliphatic rings. The number of ether oxygens (including phenoxy) is 1. The number of thiol groups is 1. The molecule has 0 aliphatic heterocycles. The normalized spacial score (nSPS) is 11.4. The van der Waals surface area contributed by atoms with Gasteiger partial charge < -0.3 is 14.8 Å². The minimum absolute atomic E-state index is 0.184. The monoisotopic (exact) mass is 415 g/mol. The third kappa shape index (κ3) is 4.61. The Hall–Kier alpha value is -2.52. The number of aromatic nitrogens is 1. The van der Waals surface area contributed by atoms with Crippen LogP contribution in [0.15, 0.2) is 42.5 Å². The summed E-state index contributed by atoms with van der Waals surface area (Å²) in [6.45, 7) is 1.82. The number of hydrogen-bond acceptors (Lipinski definition) is 4. The first-order valence-electron chi connectivity index (χ1n) is 7.58. The summed E-state index contributed by atoms with van der Waals surface area (Å²) in [6, 6.07) is 11.1. The summed E-state index contributed by atoms with van der Waals surface area (Å²) >= 11 is 5.64. The Kier molecular flexibility index (Phi) is 5.43. The second-order valence-electron chi connectivity index (χ2n) is 5.55. The number of nitrogens with one attached hydrogen (secondary N) is 2. The highest BCUT2D eigenvalue weighted by Gasteiger charge is 2.32. The molecule has 142 valence electrons. The largest absolute Gasteiger partial charge is 0.573 e. The summed E-state index contributed by atoms with van der Waals surface area (Å²) in [5.74, 6) is 0.0327. The summed E-state index contributed by atoms with van der Waals surface area (Å²) < 4.78 is 54.4. The lowest BCUT2D eigenvalue weighted by Gasteiger charge is -2.14. The van der Waals surface area contributed by atoms with Crippen molar-refractivity contribution in [3.05, 3.63) is 53.1 Å². The van der Waals surface area contributed by atoms with Crippen LogP contribution in [0, 0.1) is 6.92 Å². The van der Waals surface area contributed by atoms with E-state index in [2.05, 4.69) is 19.8 Å². The van der Waals surface area contributed by atoms with E-state index in [0.717, 1.165) is 17.0 Å². The van der Waals surface area contributed by atoms with Crippen LogP contribution in [0.4, 0.5) is 30.4 Å². The third-order valence-corrected chi connectivity index (χ3v) is 4.26. The number of pyridine rings is 1. The van der Waals surface area contributed by atoms with Crippen molar-refractivity contribution in [2.24, 2.45) is 0 Å². The van der Waals surface area contributed by atoms with Crippen LogP contribution in [0.2, 0.25) is 5.02 Å². The van der Waals surface area contributed by atoms with Crippen molar-refractivity contribution in [1.82, 2.24) is 4.98 Å². The van der Waals surface area contributed by atoms with Crippen LogP contribution in [0.3, 0.4) is 0 Å². The Morgan fingerprint density at radius 1 is 1.19 bits per heavy atom. The van der Waals surface area contributed by atoms with Gasteiger partial charge in [0, 0.05) is 11.1 Å². The first-order valence-corrected chi connectivity index (χ1v) is 8.77. The number of halogens is 4. The maximum atomic E-state index is 12.3. The lowest BCUT2D eigenvalue weighted by molar-refractivity contribution is -0.274. The molecule has 0 saturated heterocycles. The SMILES string of the molecule is Cc1cc2c(N[SH]=O)cccc2nc1Nc1ccc(OC(F)(F)F)c(Cl)c1. The van der Waals surface area contributed by atoms with Gasteiger partial charge in [0.1, 0.15) is 23.4 Å². The topological polar surface area (TPSA) is 63.2 Å². The van der Waals surface area contributed by atoms with Gasteiger partial charge in [-0.25, -0.2) is 9.19 Å². The van der Waals surface area contributed by atoms with Gasteiger partial charge in [0.2, 0.25) is 0 Å². The first-order chi connectivity index (χ1) is 12.8. The molecule has 0 amide bonds. The Balaban J connectivity index is 1.91. The molecular formula is C17H13ClF3N3O2S. The van der Waals surface area contributed by atoms with Crippen molar-refractivity contribution < 1.29 is 22.1 Å². The van der Waals surface area contributed by atoms with E-state index < -0.39 is 12.1 Å². The Bertz CT molecular complexity index is 1010. The van der Waals surface area contributed by atoms with Crippen LogP contribution in [-0.2, 0) is 11.9 Å². The van der Waals surface area contributed by atoms with Crippen molar-refractivity contribution in [2.75, 3.05) is 10.0 Å². The number of nitrogens with zero attached hydrogens (tertiary/aromatic N) is 1. The molecule has 3 rings (SSSR count). The lowest BCUT2D eigenvalue weighted by Crippen LogP contribution is -2.17. The molecule has 0 saturated carbocycles. The van der Waals surface area contributed by atoms with Crippen molar-refractivity contribution >= 4 is 51.5 Å². The highest BCUT2D eigenvalue weighted by atomic mass is 35.5. The smallest absolute Gasteiger partial charge is 0.404 e. The van der Waals surface area contributed by atoms with Gasteiger partial charge in [-0.15, -0.1) is 13.2 Å². The third-order valence-electron chi connectivity index (χ3n) is 3.64. The number of hydrogen-bond donors (Lipinski definition) is 3. The van der Waals surface area contributed by atoms with Crippen molar-refractivity contribution in [1.29, 1.82) is 0 Å².